The number of aromatic nitrogens is 3. The second kappa shape index (κ2) is 7.42. The number of imidazole rings is 1. The van der Waals surface area contributed by atoms with E-state index in [1.807, 2.05) is 34.7 Å². The van der Waals surface area contributed by atoms with Crippen molar-refractivity contribution in [1.29, 1.82) is 0 Å². The Labute approximate surface area is 183 Å². The van der Waals surface area contributed by atoms with Crippen molar-refractivity contribution in [2.45, 2.75) is 19.5 Å². The summed E-state index contributed by atoms with van der Waals surface area (Å²) >= 11 is 0. The standard InChI is InChI=1S/C24H21FN6O/c25-15-7-10-31-20(13-26-22(31)11-15)17-5-6-19(23-18(17)12-27-24(23)32)29-21-4-1-3-16(28-21)14-30-8-2-9-30/h1,3-7,10-11,13H,2,8-9,12,14H2,(H,27,32)(H,28,29). The van der Waals surface area contributed by atoms with E-state index < -0.39 is 0 Å². The highest BCUT2D eigenvalue weighted by Crippen LogP contribution is 2.35. The number of likely N-dealkylation sites (tertiary alicyclic amines) is 1. The third kappa shape index (κ3) is 3.20. The molecule has 0 unspecified atom stereocenters. The molecule has 8 heteroatoms. The lowest BCUT2D eigenvalue weighted by atomic mass is 9.99. The zero-order valence-corrected chi connectivity index (χ0v) is 17.3. The van der Waals surface area contributed by atoms with E-state index in [9.17, 15) is 9.18 Å². The minimum atomic E-state index is -0.333. The molecular formula is C24H21FN6O. The number of carbonyl (C=O) groups excluding carboxylic acids is 1. The molecule has 0 atom stereocenters. The van der Waals surface area contributed by atoms with Crippen molar-refractivity contribution in [1.82, 2.24) is 24.6 Å². The van der Waals surface area contributed by atoms with Crippen molar-refractivity contribution in [2.24, 2.45) is 0 Å². The molecule has 4 aromatic rings. The van der Waals surface area contributed by atoms with Crippen LogP contribution in [0.5, 0.6) is 0 Å². The molecule has 6 rings (SSSR count). The predicted molar refractivity (Wildman–Crippen MR) is 119 cm³/mol. The summed E-state index contributed by atoms with van der Waals surface area (Å²) in [7, 11) is 0. The fraction of sp³-hybridized carbons (Fsp3) is 0.208. The van der Waals surface area contributed by atoms with E-state index in [1.165, 1.54) is 18.6 Å². The number of pyridine rings is 2. The molecule has 2 N–H and O–H groups in total. The van der Waals surface area contributed by atoms with Crippen molar-refractivity contribution in [3.63, 3.8) is 0 Å². The molecule has 32 heavy (non-hydrogen) atoms. The maximum atomic E-state index is 13.6. The molecule has 2 aliphatic rings. The lowest BCUT2D eigenvalue weighted by molar-refractivity contribution is 0.0966. The first-order valence-electron chi connectivity index (χ1n) is 10.7. The number of carbonyl (C=O) groups is 1. The molecule has 0 bridgehead atoms. The van der Waals surface area contributed by atoms with E-state index in [1.54, 1.807) is 12.4 Å². The van der Waals surface area contributed by atoms with E-state index in [0.29, 0.717) is 29.3 Å². The van der Waals surface area contributed by atoms with Gasteiger partial charge in [-0.05, 0) is 49.3 Å². The summed E-state index contributed by atoms with van der Waals surface area (Å²) in [4.78, 5) is 24.1. The van der Waals surface area contributed by atoms with Gasteiger partial charge in [0.2, 0.25) is 0 Å². The molecule has 1 saturated heterocycles. The summed E-state index contributed by atoms with van der Waals surface area (Å²) < 4.78 is 15.4. The van der Waals surface area contributed by atoms with E-state index >= 15 is 0 Å². The second-order valence-electron chi connectivity index (χ2n) is 8.18. The van der Waals surface area contributed by atoms with Crippen LogP contribution in [0.1, 0.15) is 28.0 Å². The summed E-state index contributed by atoms with van der Waals surface area (Å²) in [5, 5.41) is 6.27. The summed E-state index contributed by atoms with van der Waals surface area (Å²) in [5.74, 6) is 0.254. The van der Waals surface area contributed by atoms with Gasteiger partial charge in [0.05, 0.1) is 28.8 Å². The SMILES string of the molecule is O=C1NCc2c(-c3cnc4cc(F)ccn34)ccc(Nc3cccc(CN4CCC4)n3)c21. The molecule has 0 saturated carbocycles. The molecule has 160 valence electrons. The largest absolute Gasteiger partial charge is 0.348 e. The Kier molecular flexibility index (Phi) is 4.39. The van der Waals surface area contributed by atoms with Crippen LogP contribution in [-0.2, 0) is 13.1 Å². The minimum absolute atomic E-state index is 0.124. The van der Waals surface area contributed by atoms with Crippen LogP contribution < -0.4 is 10.6 Å². The Bertz CT molecular complexity index is 1360. The molecule has 3 aromatic heterocycles. The monoisotopic (exact) mass is 428 g/mol. The van der Waals surface area contributed by atoms with Crippen molar-refractivity contribution in [3.8, 4) is 11.3 Å². The van der Waals surface area contributed by atoms with E-state index in [2.05, 4.69) is 20.5 Å². The van der Waals surface area contributed by atoms with Gasteiger partial charge in [0.1, 0.15) is 17.3 Å². The number of halogens is 1. The number of rotatable bonds is 5. The molecular weight excluding hydrogens is 407 g/mol. The maximum absolute atomic E-state index is 13.6. The van der Waals surface area contributed by atoms with Gasteiger partial charge in [0.15, 0.2) is 0 Å². The first kappa shape index (κ1) is 18.9. The third-order valence-corrected chi connectivity index (χ3v) is 6.12. The highest BCUT2D eigenvalue weighted by atomic mass is 19.1. The number of hydrogen-bond donors (Lipinski definition) is 2. The molecule has 2 aliphatic heterocycles. The van der Waals surface area contributed by atoms with Gasteiger partial charge in [-0.2, -0.15) is 0 Å². The van der Waals surface area contributed by atoms with Gasteiger partial charge in [0.25, 0.3) is 5.91 Å². The lowest BCUT2D eigenvalue weighted by Gasteiger charge is -2.30. The fourth-order valence-corrected chi connectivity index (χ4v) is 4.39. The zero-order chi connectivity index (χ0) is 21.7. The van der Waals surface area contributed by atoms with Crippen LogP contribution in [0.3, 0.4) is 0 Å². The molecule has 1 aromatic carbocycles. The Balaban J connectivity index is 1.37. The second-order valence-corrected chi connectivity index (χ2v) is 8.18. The fourth-order valence-electron chi connectivity index (χ4n) is 4.39. The van der Waals surface area contributed by atoms with Gasteiger partial charge in [-0.3, -0.25) is 14.1 Å². The number of nitrogens with zero attached hydrogens (tertiary/aromatic N) is 4. The Morgan fingerprint density at radius 1 is 1.16 bits per heavy atom. The predicted octanol–water partition coefficient (Wildman–Crippen LogP) is 3.73. The summed E-state index contributed by atoms with van der Waals surface area (Å²) in [6.45, 7) is 3.49. The topological polar surface area (TPSA) is 74.6 Å². The number of hydrogen-bond acceptors (Lipinski definition) is 5. The third-order valence-electron chi connectivity index (χ3n) is 6.12. The van der Waals surface area contributed by atoms with Gasteiger partial charge < -0.3 is 10.6 Å². The molecule has 0 radical (unpaired) electrons. The smallest absolute Gasteiger partial charge is 0.254 e. The first-order chi connectivity index (χ1) is 15.7. The quantitative estimate of drug-likeness (QED) is 0.507. The Hall–Kier alpha value is -3.78. The molecule has 1 fully saturated rings. The molecule has 1 amide bonds. The van der Waals surface area contributed by atoms with Gasteiger partial charge in [-0.1, -0.05) is 12.1 Å². The van der Waals surface area contributed by atoms with Crippen LogP contribution in [-0.4, -0.2) is 38.3 Å². The number of anilines is 2. The van der Waals surface area contributed by atoms with Crippen molar-refractivity contribution in [2.75, 3.05) is 18.4 Å². The minimum Gasteiger partial charge on any atom is -0.348 e. The number of benzene rings is 1. The van der Waals surface area contributed by atoms with Crippen LogP contribution in [0.15, 0.2) is 54.9 Å². The summed E-state index contributed by atoms with van der Waals surface area (Å²) in [5.41, 5.74) is 5.45. The number of amides is 1. The van der Waals surface area contributed by atoms with Crippen molar-refractivity contribution in [3.05, 3.63) is 77.5 Å². The number of nitrogens with one attached hydrogen (secondary N) is 2. The average Bonchev–Trinajstić information content (AvgIpc) is 3.35. The van der Waals surface area contributed by atoms with E-state index in [4.69, 9.17) is 4.98 Å². The lowest BCUT2D eigenvalue weighted by Crippen LogP contribution is -2.36. The summed E-state index contributed by atoms with van der Waals surface area (Å²) in [6, 6.07) is 12.6. The molecule has 0 spiro atoms. The van der Waals surface area contributed by atoms with Gasteiger partial charge >= 0.3 is 0 Å². The molecule has 5 heterocycles. The number of fused-ring (bicyclic) bond motifs is 2. The zero-order valence-electron chi connectivity index (χ0n) is 17.3. The van der Waals surface area contributed by atoms with Crippen LogP contribution >= 0.6 is 0 Å². The Morgan fingerprint density at radius 3 is 2.91 bits per heavy atom. The summed E-state index contributed by atoms with van der Waals surface area (Å²) in [6.07, 6.45) is 4.61. The molecule has 7 nitrogen and oxygen atoms in total. The van der Waals surface area contributed by atoms with Crippen LogP contribution in [0, 0.1) is 5.82 Å². The maximum Gasteiger partial charge on any atom is 0.254 e. The normalized spacial score (nSPS) is 15.5. The molecule has 0 aliphatic carbocycles. The van der Waals surface area contributed by atoms with Gasteiger partial charge in [0, 0.05) is 30.9 Å². The van der Waals surface area contributed by atoms with Gasteiger partial charge in [-0.25, -0.2) is 14.4 Å². The van der Waals surface area contributed by atoms with E-state index in [0.717, 1.165) is 42.1 Å². The highest BCUT2D eigenvalue weighted by Gasteiger charge is 2.27. The van der Waals surface area contributed by atoms with E-state index in [-0.39, 0.29) is 11.7 Å². The average molecular weight is 428 g/mol. The van der Waals surface area contributed by atoms with Gasteiger partial charge in [-0.15, -0.1) is 0 Å². The highest BCUT2D eigenvalue weighted by molar-refractivity contribution is 6.06. The van der Waals surface area contributed by atoms with Crippen LogP contribution in [0.4, 0.5) is 15.9 Å². The van der Waals surface area contributed by atoms with Crippen LogP contribution in [0.2, 0.25) is 0 Å². The van der Waals surface area contributed by atoms with Crippen molar-refractivity contribution >= 4 is 23.1 Å². The van der Waals surface area contributed by atoms with Crippen LogP contribution in [0.25, 0.3) is 16.9 Å². The Morgan fingerprint density at radius 2 is 2.06 bits per heavy atom. The van der Waals surface area contributed by atoms with Crippen molar-refractivity contribution < 1.29 is 9.18 Å². The first-order valence-corrected chi connectivity index (χ1v) is 10.7.